The van der Waals surface area contributed by atoms with E-state index in [1.165, 1.54) is 0 Å². The molecule has 2 rings (SSSR count). The Morgan fingerprint density at radius 1 is 0.741 bits per heavy atom. The number of aliphatic hydroxyl groups is 7. The second kappa shape index (κ2) is 10.6. The summed E-state index contributed by atoms with van der Waals surface area (Å²) in [4.78, 5) is 0. The molecular formula is C15H28O11S. The average Bonchev–Trinajstić information content (AvgIpc) is 2.67. The van der Waals surface area contributed by atoms with Crippen molar-refractivity contribution in [2.75, 3.05) is 25.6 Å². The summed E-state index contributed by atoms with van der Waals surface area (Å²) >= 11 is 4.03. The van der Waals surface area contributed by atoms with E-state index in [0.717, 1.165) is 0 Å². The highest BCUT2D eigenvalue weighted by Crippen LogP contribution is 2.29. The van der Waals surface area contributed by atoms with Gasteiger partial charge in [-0.25, -0.2) is 0 Å². The number of hydrogen-bond donors (Lipinski definition) is 8. The number of ether oxygens (including phenoxy) is 4. The second-order valence-electron chi connectivity index (χ2n) is 6.45. The van der Waals surface area contributed by atoms with Gasteiger partial charge in [0.15, 0.2) is 12.6 Å². The van der Waals surface area contributed by atoms with Gasteiger partial charge in [-0.05, 0) is 12.2 Å². The lowest BCUT2D eigenvalue weighted by molar-refractivity contribution is -0.359. The van der Waals surface area contributed by atoms with Crippen LogP contribution in [0.5, 0.6) is 0 Å². The zero-order valence-electron chi connectivity index (χ0n) is 14.5. The molecule has 0 aliphatic carbocycles. The quantitative estimate of drug-likeness (QED) is 0.143. The van der Waals surface area contributed by atoms with Crippen LogP contribution in [0, 0.1) is 0 Å². The van der Waals surface area contributed by atoms with Gasteiger partial charge in [-0.2, -0.15) is 12.6 Å². The topological polar surface area (TPSA) is 179 Å². The first-order valence-corrected chi connectivity index (χ1v) is 9.29. The maximum absolute atomic E-state index is 10.4. The van der Waals surface area contributed by atoms with E-state index in [-0.39, 0.29) is 6.61 Å². The standard InChI is InChI=1S/C15H28O11S/c16-4-6-8(18)9(19)11(21)15(24-6)26-13-7(5-17)25-14(12(22)10(13)20)23-2-1-3-27/h6-22,27H,1-5H2/t6-,7-,8+,9+,10-,11-,12-,13-,14-,15+/m1/s1. The van der Waals surface area contributed by atoms with Crippen molar-refractivity contribution in [2.24, 2.45) is 0 Å². The molecule has 0 aromatic carbocycles. The molecule has 12 heteroatoms. The molecule has 0 amide bonds. The van der Waals surface area contributed by atoms with Crippen LogP contribution >= 0.6 is 12.6 Å². The minimum absolute atomic E-state index is 0.217. The second-order valence-corrected chi connectivity index (χ2v) is 6.90. The van der Waals surface area contributed by atoms with Crippen molar-refractivity contribution in [1.82, 2.24) is 0 Å². The fourth-order valence-electron chi connectivity index (χ4n) is 2.96. The highest BCUT2D eigenvalue weighted by molar-refractivity contribution is 7.80. The van der Waals surface area contributed by atoms with Gasteiger partial charge in [0.05, 0.1) is 19.8 Å². The molecule has 7 N–H and O–H groups in total. The molecule has 0 spiro atoms. The van der Waals surface area contributed by atoms with E-state index in [1.807, 2.05) is 0 Å². The monoisotopic (exact) mass is 416 g/mol. The Morgan fingerprint density at radius 3 is 1.93 bits per heavy atom. The van der Waals surface area contributed by atoms with E-state index in [0.29, 0.717) is 12.2 Å². The van der Waals surface area contributed by atoms with Crippen LogP contribution in [0.4, 0.5) is 0 Å². The molecule has 2 aliphatic heterocycles. The van der Waals surface area contributed by atoms with Gasteiger partial charge in [0.25, 0.3) is 0 Å². The van der Waals surface area contributed by atoms with Crippen molar-refractivity contribution in [2.45, 2.75) is 67.8 Å². The van der Waals surface area contributed by atoms with Gasteiger partial charge >= 0.3 is 0 Å². The molecule has 0 bridgehead atoms. The normalized spacial score (nSPS) is 45.8. The predicted molar refractivity (Wildman–Crippen MR) is 90.8 cm³/mol. The first-order chi connectivity index (χ1) is 12.8. The fourth-order valence-corrected chi connectivity index (χ4v) is 3.09. The molecule has 160 valence electrons. The lowest BCUT2D eigenvalue weighted by Crippen LogP contribution is -2.64. The summed E-state index contributed by atoms with van der Waals surface area (Å²) in [6, 6.07) is 0. The summed E-state index contributed by atoms with van der Waals surface area (Å²) in [6.45, 7) is -1.03. The third kappa shape index (κ3) is 5.29. The first kappa shape index (κ1) is 23.2. The third-order valence-electron chi connectivity index (χ3n) is 4.54. The van der Waals surface area contributed by atoms with Gasteiger partial charge in [-0.3, -0.25) is 0 Å². The van der Waals surface area contributed by atoms with E-state index in [2.05, 4.69) is 12.6 Å². The number of hydrogen-bond acceptors (Lipinski definition) is 12. The van der Waals surface area contributed by atoms with E-state index in [1.54, 1.807) is 0 Å². The Labute approximate surface area is 161 Å². The van der Waals surface area contributed by atoms with E-state index >= 15 is 0 Å². The largest absolute Gasteiger partial charge is 0.394 e. The summed E-state index contributed by atoms with van der Waals surface area (Å²) in [7, 11) is 0. The molecule has 0 saturated carbocycles. The molecule has 2 aliphatic rings. The first-order valence-electron chi connectivity index (χ1n) is 8.66. The summed E-state index contributed by atoms with van der Waals surface area (Å²) in [5, 5.41) is 68.9. The van der Waals surface area contributed by atoms with Crippen molar-refractivity contribution in [3.8, 4) is 0 Å². The van der Waals surface area contributed by atoms with Gasteiger partial charge in [0, 0.05) is 0 Å². The Bertz CT molecular complexity index is 440. The van der Waals surface area contributed by atoms with Gasteiger partial charge in [0.2, 0.25) is 0 Å². The van der Waals surface area contributed by atoms with Crippen LogP contribution in [0.1, 0.15) is 6.42 Å². The summed E-state index contributed by atoms with van der Waals surface area (Å²) in [5.74, 6) is 0.553. The van der Waals surface area contributed by atoms with Crippen LogP contribution in [-0.4, -0.2) is 123 Å². The summed E-state index contributed by atoms with van der Waals surface area (Å²) in [6.07, 6.45) is -13.8. The Hall–Kier alpha value is -0.0900. The van der Waals surface area contributed by atoms with Gasteiger partial charge < -0.3 is 54.7 Å². The molecule has 0 aromatic rings. The minimum atomic E-state index is -1.70. The molecule has 0 radical (unpaired) electrons. The Kier molecular flexibility index (Phi) is 9.12. The van der Waals surface area contributed by atoms with E-state index in [9.17, 15) is 35.7 Å². The van der Waals surface area contributed by atoms with Gasteiger partial charge in [0.1, 0.15) is 48.8 Å². The zero-order valence-corrected chi connectivity index (χ0v) is 15.4. The molecule has 2 heterocycles. The lowest BCUT2D eigenvalue weighted by atomic mass is 9.97. The molecule has 0 unspecified atom stereocenters. The lowest BCUT2D eigenvalue weighted by Gasteiger charge is -2.45. The van der Waals surface area contributed by atoms with Crippen molar-refractivity contribution >= 4 is 12.6 Å². The summed E-state index contributed by atoms with van der Waals surface area (Å²) < 4.78 is 21.4. The van der Waals surface area contributed by atoms with Crippen LogP contribution in [0.15, 0.2) is 0 Å². The van der Waals surface area contributed by atoms with Crippen LogP contribution < -0.4 is 0 Å². The number of rotatable bonds is 8. The van der Waals surface area contributed by atoms with Crippen LogP contribution in [0.25, 0.3) is 0 Å². The SMILES string of the molecule is OC[C@H]1O[C@@H](O[C@H]2[C@H](O)[C@@H](O)[C@H](OCCCS)O[C@@H]2CO)[C@H](O)[C@@H](O)[C@H]1O. The third-order valence-corrected chi connectivity index (χ3v) is 4.86. The Morgan fingerprint density at radius 2 is 1.33 bits per heavy atom. The molecule has 27 heavy (non-hydrogen) atoms. The fraction of sp³-hybridized carbons (Fsp3) is 1.00. The van der Waals surface area contributed by atoms with Crippen molar-refractivity contribution in [1.29, 1.82) is 0 Å². The number of aliphatic hydroxyl groups excluding tert-OH is 7. The zero-order chi connectivity index (χ0) is 20.1. The molecular weight excluding hydrogens is 388 g/mol. The Balaban J connectivity index is 2.06. The molecule has 2 saturated heterocycles. The molecule has 10 atom stereocenters. The maximum Gasteiger partial charge on any atom is 0.187 e. The van der Waals surface area contributed by atoms with Crippen molar-refractivity contribution in [3.63, 3.8) is 0 Å². The molecule has 0 aromatic heterocycles. The summed E-state index contributed by atoms with van der Waals surface area (Å²) in [5.41, 5.74) is 0. The number of thiol groups is 1. The van der Waals surface area contributed by atoms with Crippen molar-refractivity contribution < 1.29 is 54.7 Å². The van der Waals surface area contributed by atoms with E-state index in [4.69, 9.17) is 18.9 Å². The van der Waals surface area contributed by atoms with Gasteiger partial charge in [-0.1, -0.05) is 0 Å². The average molecular weight is 416 g/mol. The van der Waals surface area contributed by atoms with Gasteiger partial charge in [-0.15, -0.1) is 0 Å². The predicted octanol–water partition coefficient (Wildman–Crippen LogP) is -4.05. The highest BCUT2D eigenvalue weighted by Gasteiger charge is 2.50. The maximum atomic E-state index is 10.4. The van der Waals surface area contributed by atoms with Crippen molar-refractivity contribution in [3.05, 3.63) is 0 Å². The minimum Gasteiger partial charge on any atom is -0.394 e. The molecule has 2 fully saturated rings. The smallest absolute Gasteiger partial charge is 0.187 e. The highest BCUT2D eigenvalue weighted by atomic mass is 32.1. The van der Waals surface area contributed by atoms with E-state index < -0.39 is 74.6 Å². The molecule has 11 nitrogen and oxygen atoms in total. The van der Waals surface area contributed by atoms with Crippen LogP contribution in [-0.2, 0) is 18.9 Å². The van der Waals surface area contributed by atoms with Crippen LogP contribution in [0.2, 0.25) is 0 Å². The van der Waals surface area contributed by atoms with Crippen LogP contribution in [0.3, 0.4) is 0 Å².